The van der Waals surface area contributed by atoms with Crippen molar-refractivity contribution >= 4 is 28.2 Å². The Kier molecular flexibility index (Phi) is 6.03. The molecule has 2 aliphatic heterocycles. The first-order chi connectivity index (χ1) is 15.5. The average Bonchev–Trinajstić information content (AvgIpc) is 3.36. The molecule has 2 aliphatic rings. The summed E-state index contributed by atoms with van der Waals surface area (Å²) in [6, 6.07) is 4.70. The normalized spacial score (nSPS) is 17.8. The van der Waals surface area contributed by atoms with Gasteiger partial charge in [0.2, 0.25) is 5.91 Å². The summed E-state index contributed by atoms with van der Waals surface area (Å²) in [6.07, 6.45) is 4.75. The maximum absolute atomic E-state index is 13.4. The molecule has 4 heterocycles. The molecule has 0 saturated carbocycles. The van der Waals surface area contributed by atoms with Gasteiger partial charge in [-0.05, 0) is 69.0 Å². The molecule has 170 valence electrons. The summed E-state index contributed by atoms with van der Waals surface area (Å²) in [7, 11) is 0. The van der Waals surface area contributed by atoms with E-state index in [1.165, 1.54) is 33.0 Å². The lowest BCUT2D eigenvalue weighted by Gasteiger charge is -2.31. The maximum atomic E-state index is 13.4. The Morgan fingerprint density at radius 1 is 1.28 bits per heavy atom. The highest BCUT2D eigenvalue weighted by Crippen LogP contribution is 2.35. The smallest absolute Gasteiger partial charge is 0.222 e. The van der Waals surface area contributed by atoms with E-state index in [1.54, 1.807) is 6.07 Å². The first-order valence-corrected chi connectivity index (χ1v) is 12.5. The number of amides is 1. The standard InChI is InChI=1S/C25H30FN3O2S/c1-3-24(30)29-13-9-20-19(16(2)32-23(20)15-29)8-12-28-10-6-17(7-11-28)25-21-5-4-18(26)14-22(21)31-27-25/h4-5,14,17H,3,6-13,15H2,1-2H3. The molecule has 5 rings (SSSR count). The van der Waals surface area contributed by atoms with E-state index in [4.69, 9.17) is 4.52 Å². The van der Waals surface area contributed by atoms with Crippen LogP contribution in [0.3, 0.4) is 0 Å². The minimum Gasteiger partial charge on any atom is -0.356 e. The third-order valence-electron chi connectivity index (χ3n) is 7.14. The van der Waals surface area contributed by atoms with Crippen LogP contribution in [0.4, 0.5) is 4.39 Å². The maximum Gasteiger partial charge on any atom is 0.222 e. The number of halogens is 1. The molecule has 1 fully saturated rings. The first kappa shape index (κ1) is 21.6. The molecule has 32 heavy (non-hydrogen) atoms. The van der Waals surface area contributed by atoms with Crippen LogP contribution < -0.4 is 0 Å². The Balaban J connectivity index is 1.19. The van der Waals surface area contributed by atoms with E-state index >= 15 is 0 Å². The molecule has 0 radical (unpaired) electrons. The van der Waals surface area contributed by atoms with Gasteiger partial charge in [0.25, 0.3) is 0 Å². The Bertz CT molecular complexity index is 1130. The molecule has 7 heteroatoms. The topological polar surface area (TPSA) is 49.6 Å². The van der Waals surface area contributed by atoms with Gasteiger partial charge in [0.05, 0.1) is 12.2 Å². The van der Waals surface area contributed by atoms with Crippen LogP contribution in [0.25, 0.3) is 11.0 Å². The molecule has 0 aliphatic carbocycles. The molecule has 1 aromatic carbocycles. The Morgan fingerprint density at radius 3 is 2.88 bits per heavy atom. The summed E-state index contributed by atoms with van der Waals surface area (Å²) in [4.78, 5) is 19.5. The van der Waals surface area contributed by atoms with Crippen molar-refractivity contribution in [2.45, 2.75) is 58.4 Å². The number of thiophene rings is 1. The molecule has 3 aromatic rings. The van der Waals surface area contributed by atoms with E-state index in [0.29, 0.717) is 17.9 Å². The van der Waals surface area contributed by atoms with Gasteiger partial charge in [0.1, 0.15) is 5.82 Å². The van der Waals surface area contributed by atoms with E-state index < -0.39 is 0 Å². The van der Waals surface area contributed by atoms with Crippen molar-refractivity contribution in [3.05, 3.63) is 50.6 Å². The number of carbonyl (C=O) groups excluding carboxylic acids is 1. The number of benzene rings is 1. The molecule has 0 atom stereocenters. The van der Waals surface area contributed by atoms with E-state index in [9.17, 15) is 9.18 Å². The summed E-state index contributed by atoms with van der Waals surface area (Å²) in [5.41, 5.74) is 4.54. The molecule has 2 aromatic heterocycles. The van der Waals surface area contributed by atoms with Crippen LogP contribution in [0.1, 0.15) is 58.7 Å². The highest BCUT2D eigenvalue weighted by atomic mass is 32.1. The lowest BCUT2D eigenvalue weighted by atomic mass is 9.91. The van der Waals surface area contributed by atoms with Gasteiger partial charge in [0, 0.05) is 46.6 Å². The summed E-state index contributed by atoms with van der Waals surface area (Å²) in [6.45, 7) is 8.97. The largest absolute Gasteiger partial charge is 0.356 e. The van der Waals surface area contributed by atoms with E-state index in [0.717, 1.165) is 69.5 Å². The fraction of sp³-hybridized carbons (Fsp3) is 0.520. The lowest BCUT2D eigenvalue weighted by molar-refractivity contribution is -0.131. The SMILES string of the molecule is CCC(=O)N1CCc2c(sc(C)c2CCN2CCC(c3noc4cc(F)ccc34)CC2)C1. The summed E-state index contributed by atoms with van der Waals surface area (Å²) in [5, 5.41) is 5.21. The minimum atomic E-state index is -0.286. The number of nitrogens with zero attached hydrogens (tertiary/aromatic N) is 3. The number of fused-ring (bicyclic) bond motifs is 2. The highest BCUT2D eigenvalue weighted by molar-refractivity contribution is 7.12. The third-order valence-corrected chi connectivity index (χ3v) is 8.31. The molecule has 0 unspecified atom stereocenters. The Hall–Kier alpha value is -2.25. The fourth-order valence-corrected chi connectivity index (χ4v) is 6.58. The second-order valence-electron chi connectivity index (χ2n) is 9.03. The Morgan fingerprint density at radius 2 is 2.09 bits per heavy atom. The van der Waals surface area contributed by atoms with Gasteiger partial charge in [-0.15, -0.1) is 11.3 Å². The number of aryl methyl sites for hydroxylation is 1. The van der Waals surface area contributed by atoms with Crippen molar-refractivity contribution in [2.24, 2.45) is 0 Å². The van der Waals surface area contributed by atoms with Gasteiger partial charge in [-0.3, -0.25) is 4.79 Å². The number of rotatable bonds is 5. The van der Waals surface area contributed by atoms with Gasteiger partial charge in [-0.25, -0.2) is 4.39 Å². The monoisotopic (exact) mass is 455 g/mol. The summed E-state index contributed by atoms with van der Waals surface area (Å²) >= 11 is 1.88. The zero-order valence-corrected chi connectivity index (χ0v) is 19.6. The van der Waals surface area contributed by atoms with Gasteiger partial charge in [0.15, 0.2) is 5.58 Å². The zero-order chi connectivity index (χ0) is 22.2. The van der Waals surface area contributed by atoms with Crippen molar-refractivity contribution in [1.29, 1.82) is 0 Å². The van der Waals surface area contributed by atoms with Crippen LogP contribution >= 0.6 is 11.3 Å². The molecule has 0 bridgehead atoms. The number of piperidine rings is 1. The summed E-state index contributed by atoms with van der Waals surface area (Å²) in [5.74, 6) is 0.345. The molecular formula is C25H30FN3O2S. The van der Waals surface area contributed by atoms with Crippen LogP contribution in [-0.2, 0) is 24.2 Å². The van der Waals surface area contributed by atoms with E-state index in [-0.39, 0.29) is 11.7 Å². The third kappa shape index (κ3) is 4.08. The molecule has 0 spiro atoms. The number of hydrogen-bond acceptors (Lipinski definition) is 5. The zero-order valence-electron chi connectivity index (χ0n) is 18.8. The van der Waals surface area contributed by atoms with Crippen molar-refractivity contribution in [3.63, 3.8) is 0 Å². The quantitative estimate of drug-likeness (QED) is 0.540. The number of carbonyl (C=O) groups is 1. The van der Waals surface area contributed by atoms with E-state index in [2.05, 4.69) is 17.0 Å². The second-order valence-corrected chi connectivity index (χ2v) is 10.3. The fourth-order valence-electron chi connectivity index (χ4n) is 5.29. The number of aromatic nitrogens is 1. The Labute approximate surface area is 192 Å². The van der Waals surface area contributed by atoms with Gasteiger partial charge < -0.3 is 14.3 Å². The highest BCUT2D eigenvalue weighted by Gasteiger charge is 2.27. The second kappa shape index (κ2) is 8.94. The van der Waals surface area contributed by atoms with Gasteiger partial charge in [-0.2, -0.15) is 0 Å². The lowest BCUT2D eigenvalue weighted by Crippen LogP contribution is -2.36. The number of hydrogen-bond donors (Lipinski definition) is 0. The summed E-state index contributed by atoms with van der Waals surface area (Å²) < 4.78 is 18.8. The molecule has 1 saturated heterocycles. The van der Waals surface area contributed by atoms with Crippen molar-refractivity contribution in [3.8, 4) is 0 Å². The average molecular weight is 456 g/mol. The van der Waals surface area contributed by atoms with Crippen LogP contribution in [0, 0.1) is 12.7 Å². The molecule has 0 N–H and O–H groups in total. The van der Waals surface area contributed by atoms with Crippen LogP contribution in [-0.4, -0.2) is 47.0 Å². The number of likely N-dealkylation sites (tertiary alicyclic amines) is 1. The minimum absolute atomic E-state index is 0.260. The molecule has 5 nitrogen and oxygen atoms in total. The van der Waals surface area contributed by atoms with Crippen molar-refractivity contribution in [2.75, 3.05) is 26.2 Å². The first-order valence-electron chi connectivity index (χ1n) is 11.7. The predicted octanol–water partition coefficient (Wildman–Crippen LogP) is 5.05. The van der Waals surface area contributed by atoms with Crippen molar-refractivity contribution < 1.29 is 13.7 Å². The van der Waals surface area contributed by atoms with Crippen molar-refractivity contribution in [1.82, 2.24) is 15.0 Å². The van der Waals surface area contributed by atoms with Gasteiger partial charge >= 0.3 is 0 Å². The molecular weight excluding hydrogens is 425 g/mol. The van der Waals surface area contributed by atoms with Crippen LogP contribution in [0.5, 0.6) is 0 Å². The van der Waals surface area contributed by atoms with Crippen LogP contribution in [0.15, 0.2) is 22.7 Å². The van der Waals surface area contributed by atoms with Crippen LogP contribution in [0.2, 0.25) is 0 Å². The molecule has 1 amide bonds. The van der Waals surface area contributed by atoms with Gasteiger partial charge in [-0.1, -0.05) is 12.1 Å². The predicted molar refractivity (Wildman–Crippen MR) is 125 cm³/mol. The van der Waals surface area contributed by atoms with E-state index in [1.807, 2.05) is 23.2 Å².